The van der Waals surface area contributed by atoms with E-state index in [0.29, 0.717) is 35.5 Å². The number of nitrogen functional groups attached to an aromatic ring is 1. The topological polar surface area (TPSA) is 54.2 Å². The molecular formula is C16H21FN4. The molecule has 1 fully saturated rings. The molecule has 5 heteroatoms. The van der Waals surface area contributed by atoms with Crippen molar-refractivity contribution in [3.8, 4) is 0 Å². The molecule has 1 aliphatic carbocycles. The zero-order chi connectivity index (χ0) is 15.0. The smallest absolute Gasteiger partial charge is 0.150 e. The van der Waals surface area contributed by atoms with Crippen LogP contribution >= 0.6 is 0 Å². The van der Waals surface area contributed by atoms with Gasteiger partial charge in [-0.1, -0.05) is 0 Å². The van der Waals surface area contributed by atoms with Gasteiger partial charge in [-0.2, -0.15) is 0 Å². The van der Waals surface area contributed by atoms with E-state index in [0.717, 1.165) is 5.39 Å². The van der Waals surface area contributed by atoms with Crippen molar-refractivity contribution in [1.29, 1.82) is 0 Å². The highest BCUT2D eigenvalue weighted by atomic mass is 19.1. The number of hydrogen-bond acceptors (Lipinski definition) is 4. The predicted octanol–water partition coefficient (Wildman–Crippen LogP) is 2.85. The van der Waals surface area contributed by atoms with Crippen LogP contribution in [0.25, 0.3) is 10.9 Å². The number of pyridine rings is 1. The van der Waals surface area contributed by atoms with Gasteiger partial charge in [-0.3, -0.25) is 9.88 Å². The molecule has 2 aromatic rings. The Morgan fingerprint density at radius 2 is 2.29 bits per heavy atom. The average Bonchev–Trinajstić information content (AvgIpc) is 3.30. The van der Waals surface area contributed by atoms with Crippen LogP contribution in [-0.4, -0.2) is 35.6 Å². The Morgan fingerprint density at radius 3 is 3.00 bits per heavy atom. The molecule has 1 atom stereocenters. The van der Waals surface area contributed by atoms with Gasteiger partial charge in [-0.05, 0) is 45.0 Å². The Labute approximate surface area is 124 Å². The number of hydrogen-bond donors (Lipinski definition) is 2. The van der Waals surface area contributed by atoms with Gasteiger partial charge in [0.05, 0.1) is 11.2 Å². The fourth-order valence-electron chi connectivity index (χ4n) is 2.64. The summed E-state index contributed by atoms with van der Waals surface area (Å²) in [5.41, 5.74) is 7.32. The van der Waals surface area contributed by atoms with Gasteiger partial charge < -0.3 is 11.1 Å². The van der Waals surface area contributed by atoms with Crippen LogP contribution in [0, 0.1) is 5.82 Å². The van der Waals surface area contributed by atoms with E-state index in [9.17, 15) is 4.39 Å². The molecule has 0 aliphatic heterocycles. The summed E-state index contributed by atoms with van der Waals surface area (Å²) < 4.78 is 14.2. The van der Waals surface area contributed by atoms with Gasteiger partial charge in [0, 0.05) is 35.9 Å². The van der Waals surface area contributed by atoms with Gasteiger partial charge in [0.2, 0.25) is 0 Å². The summed E-state index contributed by atoms with van der Waals surface area (Å²) in [5, 5.41) is 3.99. The highest BCUT2D eigenvalue weighted by molar-refractivity contribution is 5.98. The first-order valence-corrected chi connectivity index (χ1v) is 7.36. The van der Waals surface area contributed by atoms with Gasteiger partial charge in [0.15, 0.2) is 5.82 Å². The fraction of sp³-hybridized carbons (Fsp3) is 0.438. The average molecular weight is 288 g/mol. The van der Waals surface area contributed by atoms with Crippen molar-refractivity contribution in [3.05, 3.63) is 30.2 Å². The molecule has 0 amide bonds. The van der Waals surface area contributed by atoms with E-state index < -0.39 is 0 Å². The lowest BCUT2D eigenvalue weighted by Crippen LogP contribution is -2.36. The summed E-state index contributed by atoms with van der Waals surface area (Å²) in [4.78, 5) is 6.62. The summed E-state index contributed by atoms with van der Waals surface area (Å²) in [6, 6.07) is 6.06. The lowest BCUT2D eigenvalue weighted by atomic mass is 10.1. The normalized spacial score (nSPS) is 16.4. The van der Waals surface area contributed by atoms with Crippen molar-refractivity contribution in [2.75, 3.05) is 24.6 Å². The van der Waals surface area contributed by atoms with Crippen LogP contribution in [0.5, 0.6) is 0 Å². The number of nitrogens with two attached hydrogens (primary N) is 1. The SMILES string of the molecule is CC(CNc1c(F)cc(N)c2cccnc12)N(C)C1CC1. The van der Waals surface area contributed by atoms with Crippen molar-refractivity contribution >= 4 is 22.3 Å². The molecule has 3 N–H and O–H groups in total. The molecule has 1 aromatic heterocycles. The fourth-order valence-corrected chi connectivity index (χ4v) is 2.64. The van der Waals surface area contributed by atoms with Gasteiger partial charge in [-0.25, -0.2) is 4.39 Å². The van der Waals surface area contributed by atoms with E-state index in [1.54, 1.807) is 6.20 Å². The van der Waals surface area contributed by atoms with Crippen LogP contribution in [0.1, 0.15) is 19.8 Å². The molecule has 1 unspecified atom stereocenters. The maximum Gasteiger partial charge on any atom is 0.150 e. The van der Waals surface area contributed by atoms with Gasteiger partial charge in [0.25, 0.3) is 0 Å². The monoisotopic (exact) mass is 288 g/mol. The molecule has 1 aliphatic rings. The van der Waals surface area contributed by atoms with Crippen LogP contribution in [0.4, 0.5) is 15.8 Å². The molecule has 112 valence electrons. The summed E-state index contributed by atoms with van der Waals surface area (Å²) in [7, 11) is 2.12. The molecule has 0 radical (unpaired) electrons. The first kappa shape index (κ1) is 14.1. The second-order valence-corrected chi connectivity index (χ2v) is 5.85. The van der Waals surface area contributed by atoms with E-state index in [1.165, 1.54) is 18.9 Å². The number of fused-ring (bicyclic) bond motifs is 1. The zero-order valence-electron chi connectivity index (χ0n) is 12.4. The number of aromatic nitrogens is 1. The Balaban J connectivity index is 1.83. The third-order valence-corrected chi connectivity index (χ3v) is 4.27. The van der Waals surface area contributed by atoms with E-state index in [1.807, 2.05) is 12.1 Å². The van der Waals surface area contributed by atoms with Crippen LogP contribution in [0.3, 0.4) is 0 Å². The van der Waals surface area contributed by atoms with Crippen molar-refractivity contribution in [1.82, 2.24) is 9.88 Å². The Hall–Kier alpha value is -1.88. The second kappa shape index (κ2) is 5.48. The molecular weight excluding hydrogens is 267 g/mol. The van der Waals surface area contributed by atoms with Gasteiger partial charge in [-0.15, -0.1) is 0 Å². The van der Waals surface area contributed by atoms with E-state index in [2.05, 4.69) is 29.2 Å². The van der Waals surface area contributed by atoms with Crippen LogP contribution in [0.2, 0.25) is 0 Å². The molecule has 0 bridgehead atoms. The van der Waals surface area contributed by atoms with Crippen LogP contribution in [-0.2, 0) is 0 Å². The maximum absolute atomic E-state index is 14.2. The van der Waals surface area contributed by atoms with Crippen molar-refractivity contribution in [2.24, 2.45) is 0 Å². The molecule has 0 spiro atoms. The quantitative estimate of drug-likeness (QED) is 0.831. The summed E-state index contributed by atoms with van der Waals surface area (Å²) in [6.07, 6.45) is 4.19. The lowest BCUT2D eigenvalue weighted by Gasteiger charge is -2.25. The molecule has 21 heavy (non-hydrogen) atoms. The highest BCUT2D eigenvalue weighted by Crippen LogP contribution is 2.30. The minimum Gasteiger partial charge on any atom is -0.398 e. The number of likely N-dealkylation sites (N-methyl/N-ethyl adjacent to an activating group) is 1. The molecule has 0 saturated heterocycles. The Morgan fingerprint density at radius 1 is 1.52 bits per heavy atom. The van der Waals surface area contributed by atoms with Crippen molar-refractivity contribution in [2.45, 2.75) is 31.8 Å². The maximum atomic E-state index is 14.2. The lowest BCUT2D eigenvalue weighted by molar-refractivity contribution is 0.257. The number of anilines is 2. The van der Waals surface area contributed by atoms with E-state index >= 15 is 0 Å². The van der Waals surface area contributed by atoms with Gasteiger partial charge >= 0.3 is 0 Å². The third-order valence-electron chi connectivity index (χ3n) is 4.27. The molecule has 1 heterocycles. The van der Waals surface area contributed by atoms with Crippen LogP contribution in [0.15, 0.2) is 24.4 Å². The van der Waals surface area contributed by atoms with Crippen molar-refractivity contribution < 1.29 is 4.39 Å². The predicted molar refractivity (Wildman–Crippen MR) is 84.9 cm³/mol. The minimum absolute atomic E-state index is 0.341. The first-order chi connectivity index (χ1) is 10.1. The Kier molecular flexibility index (Phi) is 3.68. The standard InChI is InChI=1S/C16H21FN4/c1-10(21(2)11-5-6-11)9-20-16-13(17)8-14(18)12-4-3-7-19-15(12)16/h3-4,7-8,10-11,20H,5-6,9,18H2,1-2H3. The molecule has 3 rings (SSSR count). The number of benzene rings is 1. The molecule has 4 nitrogen and oxygen atoms in total. The zero-order valence-corrected chi connectivity index (χ0v) is 12.4. The van der Waals surface area contributed by atoms with Crippen LogP contribution < -0.4 is 11.1 Å². The number of halogens is 1. The summed E-state index contributed by atoms with van der Waals surface area (Å²) >= 11 is 0. The van der Waals surface area contributed by atoms with E-state index in [4.69, 9.17) is 5.73 Å². The minimum atomic E-state index is -0.347. The number of nitrogens with one attached hydrogen (secondary N) is 1. The Bertz CT molecular complexity index is 654. The first-order valence-electron chi connectivity index (χ1n) is 7.36. The third kappa shape index (κ3) is 2.78. The second-order valence-electron chi connectivity index (χ2n) is 5.85. The highest BCUT2D eigenvalue weighted by Gasteiger charge is 2.29. The summed E-state index contributed by atoms with van der Waals surface area (Å²) in [6.45, 7) is 2.83. The van der Waals surface area contributed by atoms with Crippen molar-refractivity contribution in [3.63, 3.8) is 0 Å². The summed E-state index contributed by atoms with van der Waals surface area (Å²) in [5.74, 6) is -0.347. The molecule has 1 aromatic carbocycles. The molecule has 1 saturated carbocycles. The number of nitrogens with zero attached hydrogens (tertiary/aromatic N) is 2. The van der Waals surface area contributed by atoms with E-state index in [-0.39, 0.29) is 5.82 Å². The largest absolute Gasteiger partial charge is 0.398 e. The number of rotatable bonds is 5. The van der Waals surface area contributed by atoms with Gasteiger partial charge in [0.1, 0.15) is 0 Å².